The van der Waals surface area contributed by atoms with Crippen molar-refractivity contribution in [2.24, 2.45) is 4.99 Å². The number of rotatable bonds is 8. The van der Waals surface area contributed by atoms with Gasteiger partial charge >= 0.3 is 0 Å². The molecule has 0 atom stereocenters. The van der Waals surface area contributed by atoms with Gasteiger partial charge in [-0.15, -0.1) is 24.0 Å². The number of nitrogens with one attached hydrogen (secondary N) is 1. The van der Waals surface area contributed by atoms with E-state index in [2.05, 4.69) is 41.5 Å². The van der Waals surface area contributed by atoms with Crippen LogP contribution in [0.3, 0.4) is 0 Å². The summed E-state index contributed by atoms with van der Waals surface area (Å²) in [5.41, 5.74) is 2.45. The molecule has 6 nitrogen and oxygen atoms in total. The Hall–Kier alpha value is -0.870. The van der Waals surface area contributed by atoms with Gasteiger partial charge in [0.2, 0.25) is 0 Å². The molecule has 0 saturated heterocycles. The first kappa shape index (κ1) is 23.1. The van der Waals surface area contributed by atoms with Gasteiger partial charge in [-0.1, -0.05) is 29.8 Å². The first-order valence-electron chi connectivity index (χ1n) is 7.54. The molecule has 0 aliphatic carbocycles. The first-order chi connectivity index (χ1) is 10.8. The SMILES string of the molecule is CN=C(NCCOCCS(C)(=O)=O)N(C)Cc1ccc(C)cc1.I. The number of aliphatic imine (C=N–C) groups is 1. The predicted molar refractivity (Wildman–Crippen MR) is 110 cm³/mol. The molecule has 0 bridgehead atoms. The lowest BCUT2D eigenvalue weighted by Crippen LogP contribution is -2.40. The van der Waals surface area contributed by atoms with Crippen LogP contribution >= 0.6 is 24.0 Å². The summed E-state index contributed by atoms with van der Waals surface area (Å²) in [7, 11) is 0.746. The number of benzene rings is 1. The molecular weight excluding hydrogens is 441 g/mol. The Morgan fingerprint density at radius 1 is 1.25 bits per heavy atom. The zero-order chi connectivity index (χ0) is 17.3. The van der Waals surface area contributed by atoms with Gasteiger partial charge in [0.15, 0.2) is 5.96 Å². The van der Waals surface area contributed by atoms with Crippen molar-refractivity contribution in [3.8, 4) is 0 Å². The summed E-state index contributed by atoms with van der Waals surface area (Å²) in [4.78, 5) is 6.27. The van der Waals surface area contributed by atoms with Gasteiger partial charge in [-0.2, -0.15) is 0 Å². The molecule has 0 aliphatic rings. The summed E-state index contributed by atoms with van der Waals surface area (Å²) < 4.78 is 27.3. The van der Waals surface area contributed by atoms with E-state index in [1.165, 1.54) is 17.4 Å². The quantitative estimate of drug-likeness (QED) is 0.272. The second kappa shape index (κ2) is 11.6. The topological polar surface area (TPSA) is 71.0 Å². The monoisotopic (exact) mass is 469 g/mol. The highest BCUT2D eigenvalue weighted by atomic mass is 127. The molecule has 0 unspecified atom stereocenters. The van der Waals surface area contributed by atoms with Gasteiger partial charge in [-0.25, -0.2) is 8.42 Å². The van der Waals surface area contributed by atoms with Crippen molar-refractivity contribution in [1.29, 1.82) is 0 Å². The fourth-order valence-corrected chi connectivity index (χ4v) is 2.39. The number of nitrogens with zero attached hydrogens (tertiary/aromatic N) is 2. The number of halogens is 1. The van der Waals surface area contributed by atoms with E-state index < -0.39 is 9.84 Å². The zero-order valence-electron chi connectivity index (χ0n) is 14.8. The molecule has 0 saturated carbocycles. The van der Waals surface area contributed by atoms with E-state index in [9.17, 15) is 8.42 Å². The van der Waals surface area contributed by atoms with Crippen LogP contribution in [0.1, 0.15) is 11.1 Å². The average molecular weight is 469 g/mol. The summed E-state index contributed by atoms with van der Waals surface area (Å²) in [6.07, 6.45) is 1.20. The first-order valence-corrected chi connectivity index (χ1v) is 9.60. The van der Waals surface area contributed by atoms with Crippen LogP contribution in [0.15, 0.2) is 29.3 Å². The largest absolute Gasteiger partial charge is 0.379 e. The van der Waals surface area contributed by atoms with Crippen LogP contribution in [0.4, 0.5) is 0 Å². The van der Waals surface area contributed by atoms with E-state index in [0.717, 1.165) is 12.5 Å². The van der Waals surface area contributed by atoms with Gasteiger partial charge in [0, 0.05) is 33.4 Å². The highest BCUT2D eigenvalue weighted by Crippen LogP contribution is 2.05. The van der Waals surface area contributed by atoms with Gasteiger partial charge in [-0.05, 0) is 12.5 Å². The normalized spacial score (nSPS) is 11.8. The molecule has 1 aromatic rings. The molecule has 0 amide bonds. The summed E-state index contributed by atoms with van der Waals surface area (Å²) in [5.74, 6) is 0.826. The number of sulfone groups is 1. The van der Waals surface area contributed by atoms with E-state index in [-0.39, 0.29) is 36.3 Å². The van der Waals surface area contributed by atoms with Crippen molar-refractivity contribution in [3.05, 3.63) is 35.4 Å². The number of hydrogen-bond donors (Lipinski definition) is 1. The van der Waals surface area contributed by atoms with Crippen molar-refractivity contribution in [2.75, 3.05) is 45.9 Å². The smallest absolute Gasteiger partial charge is 0.193 e. The highest BCUT2D eigenvalue weighted by Gasteiger charge is 2.06. The molecule has 0 heterocycles. The number of hydrogen-bond acceptors (Lipinski definition) is 4. The molecule has 0 aromatic heterocycles. The second-order valence-corrected chi connectivity index (χ2v) is 7.82. The lowest BCUT2D eigenvalue weighted by Gasteiger charge is -2.22. The van der Waals surface area contributed by atoms with Crippen molar-refractivity contribution in [3.63, 3.8) is 0 Å². The Bertz CT molecular complexity index is 603. The molecule has 0 aliphatic heterocycles. The molecule has 0 spiro atoms. The van der Waals surface area contributed by atoms with Crippen molar-refractivity contribution in [2.45, 2.75) is 13.5 Å². The third-order valence-corrected chi connectivity index (χ3v) is 4.15. The van der Waals surface area contributed by atoms with Gasteiger partial charge in [0.25, 0.3) is 0 Å². The molecule has 0 fully saturated rings. The van der Waals surface area contributed by atoms with Crippen molar-refractivity contribution < 1.29 is 13.2 Å². The Labute approximate surface area is 162 Å². The van der Waals surface area contributed by atoms with Crippen molar-refractivity contribution in [1.82, 2.24) is 10.2 Å². The Morgan fingerprint density at radius 2 is 1.88 bits per heavy atom. The Kier molecular flexibility index (Phi) is 11.2. The lowest BCUT2D eigenvalue weighted by atomic mass is 10.1. The van der Waals surface area contributed by atoms with Crippen LogP contribution in [0.25, 0.3) is 0 Å². The average Bonchev–Trinajstić information content (AvgIpc) is 2.47. The van der Waals surface area contributed by atoms with E-state index in [0.29, 0.717) is 13.2 Å². The molecule has 24 heavy (non-hydrogen) atoms. The van der Waals surface area contributed by atoms with E-state index in [4.69, 9.17) is 4.74 Å². The number of ether oxygens (including phenoxy) is 1. The van der Waals surface area contributed by atoms with Crippen LogP contribution in [-0.4, -0.2) is 65.1 Å². The third kappa shape index (κ3) is 10.1. The van der Waals surface area contributed by atoms with Gasteiger partial charge in [-0.3, -0.25) is 4.99 Å². The maximum absolute atomic E-state index is 11.0. The molecule has 0 radical (unpaired) electrons. The summed E-state index contributed by atoms with van der Waals surface area (Å²) >= 11 is 0. The summed E-state index contributed by atoms with van der Waals surface area (Å²) in [6.45, 7) is 4.06. The van der Waals surface area contributed by atoms with Gasteiger partial charge in [0.05, 0.1) is 19.0 Å². The minimum Gasteiger partial charge on any atom is -0.379 e. The summed E-state index contributed by atoms with van der Waals surface area (Å²) in [5, 5.41) is 3.20. The summed E-state index contributed by atoms with van der Waals surface area (Å²) in [6, 6.07) is 8.39. The van der Waals surface area contributed by atoms with Gasteiger partial charge < -0.3 is 15.0 Å². The molecular formula is C16H28IN3O3S. The van der Waals surface area contributed by atoms with E-state index in [1.807, 2.05) is 11.9 Å². The van der Waals surface area contributed by atoms with Crippen LogP contribution in [0.2, 0.25) is 0 Å². The maximum Gasteiger partial charge on any atom is 0.193 e. The Morgan fingerprint density at radius 3 is 2.42 bits per heavy atom. The molecule has 138 valence electrons. The highest BCUT2D eigenvalue weighted by molar-refractivity contribution is 14.0. The fraction of sp³-hybridized carbons (Fsp3) is 0.562. The second-order valence-electron chi connectivity index (χ2n) is 5.56. The lowest BCUT2D eigenvalue weighted by molar-refractivity contribution is 0.153. The van der Waals surface area contributed by atoms with Crippen LogP contribution in [0.5, 0.6) is 0 Å². The number of guanidine groups is 1. The maximum atomic E-state index is 11.0. The molecule has 1 N–H and O–H groups in total. The van der Waals surface area contributed by atoms with Gasteiger partial charge in [0.1, 0.15) is 9.84 Å². The third-order valence-electron chi connectivity index (χ3n) is 3.24. The standard InChI is InChI=1S/C16H27N3O3S.HI/c1-14-5-7-15(8-6-14)13-19(3)16(17-2)18-9-10-22-11-12-23(4,20)21;/h5-8H,9-13H2,1-4H3,(H,17,18);1H. The molecule has 1 aromatic carbocycles. The molecule has 1 rings (SSSR count). The van der Waals surface area contributed by atoms with E-state index in [1.54, 1.807) is 7.05 Å². The Balaban J connectivity index is 0.00000529. The predicted octanol–water partition coefficient (Wildman–Crippen LogP) is 1.68. The van der Waals surface area contributed by atoms with Crippen LogP contribution < -0.4 is 5.32 Å². The minimum atomic E-state index is -2.96. The zero-order valence-corrected chi connectivity index (χ0v) is 17.9. The van der Waals surface area contributed by atoms with E-state index >= 15 is 0 Å². The molecule has 8 heteroatoms. The minimum absolute atomic E-state index is 0. The number of aryl methyl sites for hydroxylation is 1. The van der Waals surface area contributed by atoms with Crippen molar-refractivity contribution >= 4 is 39.8 Å². The van der Waals surface area contributed by atoms with Crippen LogP contribution in [-0.2, 0) is 21.1 Å². The van der Waals surface area contributed by atoms with Crippen LogP contribution in [0, 0.1) is 6.92 Å². The fourth-order valence-electron chi connectivity index (χ4n) is 1.97.